The van der Waals surface area contributed by atoms with Crippen LogP contribution in [-0.2, 0) is 10.0 Å². The molecule has 1 amide bonds. The Labute approximate surface area is 167 Å². The van der Waals surface area contributed by atoms with Crippen molar-refractivity contribution in [2.24, 2.45) is 0 Å². The molecule has 0 radical (unpaired) electrons. The predicted octanol–water partition coefficient (Wildman–Crippen LogP) is 3.82. The molecular formula is C19H18N2O5S2. The summed E-state index contributed by atoms with van der Waals surface area (Å²) in [6.07, 6.45) is 0. The van der Waals surface area contributed by atoms with Crippen molar-refractivity contribution in [3.05, 3.63) is 64.9 Å². The lowest BCUT2D eigenvalue weighted by Gasteiger charge is -2.13. The van der Waals surface area contributed by atoms with Gasteiger partial charge >= 0.3 is 0 Å². The molecule has 0 aliphatic heterocycles. The highest BCUT2D eigenvalue weighted by atomic mass is 32.2. The van der Waals surface area contributed by atoms with Crippen LogP contribution in [0, 0.1) is 0 Å². The highest BCUT2D eigenvalue weighted by Gasteiger charge is 2.17. The van der Waals surface area contributed by atoms with Gasteiger partial charge in [0.05, 0.1) is 29.7 Å². The van der Waals surface area contributed by atoms with Crippen molar-refractivity contribution < 1.29 is 22.7 Å². The lowest BCUT2D eigenvalue weighted by Crippen LogP contribution is -2.14. The molecule has 0 spiro atoms. The monoisotopic (exact) mass is 418 g/mol. The summed E-state index contributed by atoms with van der Waals surface area (Å²) in [6, 6.07) is 14.2. The summed E-state index contributed by atoms with van der Waals surface area (Å²) in [5.41, 5.74) is 0.790. The summed E-state index contributed by atoms with van der Waals surface area (Å²) in [6.45, 7) is 0. The summed E-state index contributed by atoms with van der Waals surface area (Å²) in [7, 11) is -0.882. The lowest BCUT2D eigenvalue weighted by molar-refractivity contribution is 0.103. The summed E-state index contributed by atoms with van der Waals surface area (Å²) in [5.74, 6) is 0.639. The molecule has 2 N–H and O–H groups in total. The van der Waals surface area contributed by atoms with Crippen molar-refractivity contribution in [3.63, 3.8) is 0 Å². The van der Waals surface area contributed by atoms with Crippen LogP contribution >= 0.6 is 11.3 Å². The fourth-order valence-electron chi connectivity index (χ4n) is 2.40. The van der Waals surface area contributed by atoms with Gasteiger partial charge in [-0.3, -0.25) is 9.52 Å². The molecule has 0 saturated heterocycles. The van der Waals surface area contributed by atoms with E-state index in [1.54, 1.807) is 30.3 Å². The number of ether oxygens (including phenoxy) is 2. The van der Waals surface area contributed by atoms with Gasteiger partial charge in [-0.15, -0.1) is 11.3 Å². The van der Waals surface area contributed by atoms with Crippen molar-refractivity contribution >= 4 is 38.6 Å². The number of benzene rings is 2. The van der Waals surface area contributed by atoms with Gasteiger partial charge in [-0.1, -0.05) is 6.07 Å². The molecule has 1 heterocycles. The summed E-state index contributed by atoms with van der Waals surface area (Å²) < 4.78 is 38.1. The number of carbonyl (C=O) groups excluding carboxylic acids is 1. The van der Waals surface area contributed by atoms with Crippen molar-refractivity contribution in [3.8, 4) is 11.5 Å². The fraction of sp³-hybridized carbons (Fsp3) is 0.105. The maximum Gasteiger partial charge on any atom is 0.265 e. The summed E-state index contributed by atoms with van der Waals surface area (Å²) in [5, 5.41) is 4.54. The molecule has 0 fully saturated rings. The minimum absolute atomic E-state index is 0.0551. The highest BCUT2D eigenvalue weighted by Crippen LogP contribution is 2.31. The Morgan fingerprint density at radius 3 is 2.36 bits per heavy atom. The molecule has 0 atom stereocenters. The third-order valence-electron chi connectivity index (χ3n) is 3.82. The van der Waals surface area contributed by atoms with Gasteiger partial charge in [0.1, 0.15) is 11.5 Å². The molecule has 0 saturated carbocycles. The van der Waals surface area contributed by atoms with Crippen LogP contribution in [0.2, 0.25) is 0 Å². The van der Waals surface area contributed by atoms with Crippen LogP contribution in [0.4, 0.5) is 11.4 Å². The molecule has 2 aromatic carbocycles. The number of carbonyl (C=O) groups is 1. The molecule has 146 valence electrons. The number of amides is 1. The van der Waals surface area contributed by atoms with Gasteiger partial charge in [-0.05, 0) is 47.8 Å². The first-order valence-electron chi connectivity index (χ1n) is 8.13. The summed E-state index contributed by atoms with van der Waals surface area (Å²) >= 11 is 1.33. The Morgan fingerprint density at radius 2 is 1.75 bits per heavy atom. The number of thiophene rings is 1. The zero-order valence-corrected chi connectivity index (χ0v) is 16.8. The van der Waals surface area contributed by atoms with E-state index in [4.69, 9.17) is 9.47 Å². The third-order valence-corrected chi connectivity index (χ3v) is 6.07. The number of methoxy groups -OCH3 is 2. The zero-order valence-electron chi connectivity index (χ0n) is 15.1. The van der Waals surface area contributed by atoms with E-state index in [1.165, 1.54) is 49.8 Å². The van der Waals surface area contributed by atoms with E-state index in [-0.39, 0.29) is 10.8 Å². The topological polar surface area (TPSA) is 93.7 Å². The van der Waals surface area contributed by atoms with Crippen LogP contribution in [0.15, 0.2) is 64.9 Å². The first-order chi connectivity index (χ1) is 13.4. The van der Waals surface area contributed by atoms with Crippen LogP contribution in [0.1, 0.15) is 9.67 Å². The second kappa shape index (κ2) is 8.32. The molecular weight excluding hydrogens is 400 g/mol. The Bertz CT molecular complexity index is 1060. The van der Waals surface area contributed by atoms with Gasteiger partial charge in [-0.2, -0.15) is 0 Å². The first kappa shape index (κ1) is 19.7. The van der Waals surface area contributed by atoms with E-state index < -0.39 is 10.0 Å². The maximum absolute atomic E-state index is 12.7. The van der Waals surface area contributed by atoms with Crippen molar-refractivity contribution in [1.29, 1.82) is 0 Å². The maximum atomic E-state index is 12.7. The second-order valence-corrected chi connectivity index (χ2v) is 8.26. The van der Waals surface area contributed by atoms with Crippen LogP contribution in [0.5, 0.6) is 11.5 Å². The molecule has 1 aromatic heterocycles. The van der Waals surface area contributed by atoms with Crippen LogP contribution in [0.3, 0.4) is 0 Å². The average Bonchev–Trinajstić information content (AvgIpc) is 3.23. The molecule has 7 nitrogen and oxygen atoms in total. The van der Waals surface area contributed by atoms with E-state index in [1.807, 2.05) is 5.38 Å². The molecule has 3 rings (SSSR count). The van der Waals surface area contributed by atoms with Gasteiger partial charge in [0, 0.05) is 11.8 Å². The standard InChI is InChI=1S/C19H18N2O5S2/c1-25-14-7-10-16(17(12-14)26-2)21-28(23,24)15-8-5-13(6-9-15)20-19(22)18-4-3-11-27-18/h3-12,21H,1-2H3,(H,20,22). The molecule has 28 heavy (non-hydrogen) atoms. The Hall–Kier alpha value is -3.04. The number of rotatable bonds is 7. The van der Waals surface area contributed by atoms with Gasteiger partial charge in [0.2, 0.25) is 0 Å². The summed E-state index contributed by atoms with van der Waals surface area (Å²) in [4.78, 5) is 12.7. The van der Waals surface area contributed by atoms with Crippen molar-refractivity contribution in [2.45, 2.75) is 4.90 Å². The number of sulfonamides is 1. The SMILES string of the molecule is COc1ccc(NS(=O)(=O)c2ccc(NC(=O)c3cccs3)cc2)c(OC)c1. The molecule has 0 aliphatic rings. The number of hydrogen-bond acceptors (Lipinski definition) is 6. The Balaban J connectivity index is 1.76. The smallest absolute Gasteiger partial charge is 0.265 e. The van der Waals surface area contributed by atoms with Gasteiger partial charge in [-0.25, -0.2) is 8.42 Å². The number of anilines is 2. The van der Waals surface area contributed by atoms with E-state index in [0.29, 0.717) is 27.8 Å². The molecule has 0 bridgehead atoms. The highest BCUT2D eigenvalue weighted by molar-refractivity contribution is 7.92. The Kier molecular flexibility index (Phi) is 5.86. The van der Waals surface area contributed by atoms with E-state index >= 15 is 0 Å². The predicted molar refractivity (Wildman–Crippen MR) is 109 cm³/mol. The van der Waals surface area contributed by atoms with Crippen molar-refractivity contribution in [1.82, 2.24) is 0 Å². The minimum atomic E-state index is -3.84. The molecule has 3 aromatic rings. The second-order valence-electron chi connectivity index (χ2n) is 5.63. The van der Waals surface area contributed by atoms with Crippen LogP contribution in [0.25, 0.3) is 0 Å². The Morgan fingerprint density at radius 1 is 1.00 bits per heavy atom. The van der Waals surface area contributed by atoms with E-state index in [0.717, 1.165) is 0 Å². The normalized spacial score (nSPS) is 10.9. The fourth-order valence-corrected chi connectivity index (χ4v) is 4.09. The van der Waals surface area contributed by atoms with Gasteiger partial charge in [0.25, 0.3) is 15.9 Å². The lowest BCUT2D eigenvalue weighted by atomic mass is 10.3. The van der Waals surface area contributed by atoms with E-state index in [2.05, 4.69) is 10.0 Å². The molecule has 0 unspecified atom stereocenters. The van der Waals surface area contributed by atoms with Crippen LogP contribution < -0.4 is 19.5 Å². The van der Waals surface area contributed by atoms with Gasteiger partial charge in [0.15, 0.2) is 0 Å². The van der Waals surface area contributed by atoms with Crippen molar-refractivity contribution in [2.75, 3.05) is 24.3 Å². The van der Waals surface area contributed by atoms with Gasteiger partial charge < -0.3 is 14.8 Å². The minimum Gasteiger partial charge on any atom is -0.497 e. The molecule has 9 heteroatoms. The number of hydrogen-bond donors (Lipinski definition) is 2. The first-order valence-corrected chi connectivity index (χ1v) is 10.5. The van der Waals surface area contributed by atoms with E-state index in [9.17, 15) is 13.2 Å². The largest absolute Gasteiger partial charge is 0.497 e. The average molecular weight is 418 g/mol. The zero-order chi connectivity index (χ0) is 20.1. The third kappa shape index (κ3) is 4.44. The van der Waals surface area contributed by atoms with Crippen LogP contribution in [-0.4, -0.2) is 28.5 Å². The molecule has 0 aliphatic carbocycles. The number of nitrogens with one attached hydrogen (secondary N) is 2. The quantitative estimate of drug-likeness (QED) is 0.608.